The summed E-state index contributed by atoms with van der Waals surface area (Å²) < 4.78 is 5.70. The molecule has 2 N–H and O–H groups in total. The lowest BCUT2D eigenvalue weighted by Crippen LogP contribution is -2.29. The topological polar surface area (TPSA) is 66.5 Å². The van der Waals surface area contributed by atoms with Crippen LogP contribution in [0.25, 0.3) is 0 Å². The van der Waals surface area contributed by atoms with Gasteiger partial charge in [-0.2, -0.15) is 0 Å². The molecule has 24 heavy (non-hydrogen) atoms. The van der Waals surface area contributed by atoms with E-state index in [1.165, 1.54) is 0 Å². The molecule has 0 aliphatic heterocycles. The van der Waals surface area contributed by atoms with Crippen molar-refractivity contribution in [3.05, 3.63) is 48.2 Å². The van der Waals surface area contributed by atoms with E-state index in [0.717, 1.165) is 11.4 Å². The fourth-order valence-electron chi connectivity index (χ4n) is 2.24. The molecule has 2 amide bonds. The van der Waals surface area contributed by atoms with Crippen molar-refractivity contribution in [1.82, 2.24) is 10.3 Å². The van der Waals surface area contributed by atoms with E-state index in [4.69, 9.17) is 4.74 Å². The fourth-order valence-corrected chi connectivity index (χ4v) is 2.24. The third kappa shape index (κ3) is 4.87. The van der Waals surface area contributed by atoms with E-state index in [2.05, 4.69) is 15.6 Å². The Bertz CT molecular complexity index is 686. The molecule has 6 nitrogen and oxygen atoms in total. The molecule has 1 aromatic heterocycles. The molecule has 0 aliphatic carbocycles. The largest absolute Gasteiger partial charge is 0.489 e. The predicted molar refractivity (Wildman–Crippen MR) is 96.6 cm³/mol. The van der Waals surface area contributed by atoms with Gasteiger partial charge in [-0.15, -0.1) is 0 Å². The average Bonchev–Trinajstić information content (AvgIpc) is 2.54. The van der Waals surface area contributed by atoms with Crippen LogP contribution < -0.4 is 20.3 Å². The monoisotopic (exact) mass is 328 g/mol. The van der Waals surface area contributed by atoms with Crippen LogP contribution in [-0.4, -0.2) is 31.2 Å². The van der Waals surface area contributed by atoms with Crippen molar-refractivity contribution < 1.29 is 9.53 Å². The zero-order valence-electron chi connectivity index (χ0n) is 14.5. The van der Waals surface area contributed by atoms with Crippen molar-refractivity contribution in [1.29, 1.82) is 0 Å². The Kier molecular flexibility index (Phi) is 6.01. The maximum Gasteiger partial charge on any atom is 0.319 e. The molecule has 0 aliphatic rings. The summed E-state index contributed by atoms with van der Waals surface area (Å²) in [5, 5.41) is 5.68. The smallest absolute Gasteiger partial charge is 0.319 e. The number of nitrogens with one attached hydrogen (secondary N) is 2. The Hall–Kier alpha value is -2.76. The van der Waals surface area contributed by atoms with Crippen LogP contribution in [0.5, 0.6) is 5.75 Å². The molecule has 0 atom stereocenters. The summed E-state index contributed by atoms with van der Waals surface area (Å²) in [6.07, 6.45) is 1.77. The number of pyridine rings is 1. The van der Waals surface area contributed by atoms with E-state index in [1.807, 2.05) is 69.2 Å². The van der Waals surface area contributed by atoms with Crippen molar-refractivity contribution in [3.63, 3.8) is 0 Å². The number of carbonyl (C=O) groups excluding carboxylic acids is 1. The lowest BCUT2D eigenvalue weighted by Gasteiger charge is -2.17. The normalized spacial score (nSPS) is 10.4. The number of rotatable bonds is 6. The molecule has 2 aromatic rings. The van der Waals surface area contributed by atoms with Crippen LogP contribution in [0, 0.1) is 0 Å². The van der Waals surface area contributed by atoms with E-state index >= 15 is 0 Å². The first-order valence-electron chi connectivity index (χ1n) is 7.89. The summed E-state index contributed by atoms with van der Waals surface area (Å²) in [4.78, 5) is 18.4. The zero-order chi connectivity index (χ0) is 17.5. The third-order valence-corrected chi connectivity index (χ3v) is 3.23. The summed E-state index contributed by atoms with van der Waals surface area (Å²) in [6.45, 7) is 4.28. The highest BCUT2D eigenvalue weighted by Crippen LogP contribution is 2.24. The quantitative estimate of drug-likeness (QED) is 0.854. The van der Waals surface area contributed by atoms with E-state index in [9.17, 15) is 4.79 Å². The highest BCUT2D eigenvalue weighted by molar-refractivity contribution is 5.90. The molecule has 0 unspecified atom stereocenters. The maximum atomic E-state index is 12.2. The number of aromatic nitrogens is 1. The number of carbonyl (C=O) groups is 1. The molecular weight excluding hydrogens is 304 g/mol. The van der Waals surface area contributed by atoms with Crippen LogP contribution in [0.4, 0.5) is 16.3 Å². The highest BCUT2D eigenvalue weighted by Gasteiger charge is 2.10. The minimum Gasteiger partial charge on any atom is -0.489 e. The maximum absolute atomic E-state index is 12.2. The molecule has 0 fully saturated rings. The van der Waals surface area contributed by atoms with Crippen LogP contribution in [0.3, 0.4) is 0 Å². The van der Waals surface area contributed by atoms with Gasteiger partial charge in [0.15, 0.2) is 0 Å². The number of anilines is 2. The lowest BCUT2D eigenvalue weighted by molar-refractivity contribution is 0.241. The Morgan fingerprint density at radius 2 is 1.96 bits per heavy atom. The van der Waals surface area contributed by atoms with E-state index in [0.29, 0.717) is 18.0 Å². The number of ether oxygens (including phenoxy) is 1. The molecule has 1 heterocycles. The number of hydrogen-bond donors (Lipinski definition) is 2. The van der Waals surface area contributed by atoms with E-state index in [1.54, 1.807) is 6.20 Å². The van der Waals surface area contributed by atoms with Gasteiger partial charge >= 0.3 is 6.03 Å². The molecule has 1 aromatic carbocycles. The number of urea groups is 1. The second-order valence-corrected chi connectivity index (χ2v) is 5.85. The lowest BCUT2D eigenvalue weighted by atomic mass is 10.2. The second-order valence-electron chi connectivity index (χ2n) is 5.85. The first kappa shape index (κ1) is 17.6. The first-order chi connectivity index (χ1) is 11.5. The van der Waals surface area contributed by atoms with Gasteiger partial charge in [0.25, 0.3) is 0 Å². The van der Waals surface area contributed by atoms with Crippen molar-refractivity contribution in [3.8, 4) is 5.75 Å². The fraction of sp³-hybridized carbons (Fsp3) is 0.333. The van der Waals surface area contributed by atoms with Crippen molar-refractivity contribution in [2.45, 2.75) is 26.5 Å². The van der Waals surface area contributed by atoms with Crippen LogP contribution in [-0.2, 0) is 6.54 Å². The molecule has 0 saturated heterocycles. The minimum atomic E-state index is -0.289. The van der Waals surface area contributed by atoms with Gasteiger partial charge in [-0.1, -0.05) is 18.2 Å². The zero-order valence-corrected chi connectivity index (χ0v) is 14.5. The molecule has 0 bridgehead atoms. The van der Waals surface area contributed by atoms with Crippen LogP contribution in [0.2, 0.25) is 0 Å². The summed E-state index contributed by atoms with van der Waals surface area (Å²) >= 11 is 0. The van der Waals surface area contributed by atoms with Gasteiger partial charge in [0.1, 0.15) is 11.6 Å². The van der Waals surface area contributed by atoms with Gasteiger partial charge < -0.3 is 20.3 Å². The van der Waals surface area contributed by atoms with Gasteiger partial charge in [0.2, 0.25) is 0 Å². The van der Waals surface area contributed by atoms with Gasteiger partial charge in [-0.05, 0) is 32.0 Å². The SMILES string of the molecule is CC(C)Oc1ccccc1NC(=O)NCc1cccnc1N(C)C. The van der Waals surface area contributed by atoms with Crippen LogP contribution in [0.1, 0.15) is 19.4 Å². The summed E-state index contributed by atoms with van der Waals surface area (Å²) in [6, 6.07) is 10.9. The first-order valence-corrected chi connectivity index (χ1v) is 7.89. The Labute approximate surface area is 142 Å². The summed E-state index contributed by atoms with van der Waals surface area (Å²) in [7, 11) is 3.84. The Balaban J connectivity index is 2.00. The molecule has 128 valence electrons. The van der Waals surface area contributed by atoms with Gasteiger partial charge in [0.05, 0.1) is 11.8 Å². The number of nitrogens with zero attached hydrogens (tertiary/aromatic N) is 2. The molecule has 6 heteroatoms. The van der Waals surface area contributed by atoms with Crippen molar-refractivity contribution in [2.75, 3.05) is 24.3 Å². The molecule has 2 rings (SSSR count). The molecule has 0 saturated carbocycles. The third-order valence-electron chi connectivity index (χ3n) is 3.23. The van der Waals surface area contributed by atoms with E-state index in [-0.39, 0.29) is 12.1 Å². The molecule has 0 spiro atoms. The molecular formula is C18H24N4O2. The van der Waals surface area contributed by atoms with Crippen molar-refractivity contribution in [2.24, 2.45) is 0 Å². The number of hydrogen-bond acceptors (Lipinski definition) is 4. The van der Waals surface area contributed by atoms with Gasteiger partial charge in [-0.25, -0.2) is 9.78 Å². The Morgan fingerprint density at radius 3 is 2.67 bits per heavy atom. The predicted octanol–water partition coefficient (Wildman–Crippen LogP) is 3.26. The summed E-state index contributed by atoms with van der Waals surface area (Å²) in [5.74, 6) is 1.49. The Morgan fingerprint density at radius 1 is 1.21 bits per heavy atom. The van der Waals surface area contributed by atoms with Gasteiger partial charge in [-0.3, -0.25) is 0 Å². The standard InChI is InChI=1S/C18H24N4O2/c1-13(2)24-16-10-6-5-9-15(16)21-18(23)20-12-14-8-7-11-19-17(14)22(3)4/h5-11,13H,12H2,1-4H3,(H2,20,21,23). The van der Waals surface area contributed by atoms with Crippen LogP contribution >= 0.6 is 0 Å². The van der Waals surface area contributed by atoms with Crippen LogP contribution in [0.15, 0.2) is 42.6 Å². The highest BCUT2D eigenvalue weighted by atomic mass is 16.5. The van der Waals surface area contributed by atoms with E-state index < -0.39 is 0 Å². The van der Waals surface area contributed by atoms with Gasteiger partial charge in [0, 0.05) is 32.4 Å². The number of benzene rings is 1. The summed E-state index contributed by atoms with van der Waals surface area (Å²) in [5.41, 5.74) is 1.59. The second kappa shape index (κ2) is 8.19. The number of amides is 2. The minimum absolute atomic E-state index is 0.0362. The molecule has 0 radical (unpaired) electrons. The average molecular weight is 328 g/mol. The van der Waals surface area contributed by atoms with Crippen molar-refractivity contribution >= 4 is 17.5 Å². The number of para-hydroxylation sites is 2.